The summed E-state index contributed by atoms with van der Waals surface area (Å²) in [5, 5.41) is 7.67. The van der Waals surface area contributed by atoms with Gasteiger partial charge in [-0.3, -0.25) is 4.79 Å². The van der Waals surface area contributed by atoms with Gasteiger partial charge in [-0.2, -0.15) is 23.4 Å². The normalized spacial score (nSPS) is 17.6. The third-order valence-electron chi connectivity index (χ3n) is 7.63. The number of hydrogen-bond acceptors (Lipinski definition) is 5. The summed E-state index contributed by atoms with van der Waals surface area (Å²) >= 11 is 11.0. The summed E-state index contributed by atoms with van der Waals surface area (Å²) in [7, 11) is 1.87. The van der Waals surface area contributed by atoms with Crippen LogP contribution in [0.4, 0.5) is 13.2 Å². The van der Waals surface area contributed by atoms with Gasteiger partial charge in [-0.15, -0.1) is 0 Å². The van der Waals surface area contributed by atoms with Gasteiger partial charge in [0.05, 0.1) is 5.92 Å². The lowest BCUT2D eigenvalue weighted by atomic mass is 9.97. The SMILES string of the molecule is C/C(=N\C#N)N(C)Cc1ccc(Cl)nc1.Cc1c(COC(=O)C2C(/C=C(\Cl)C(F)(F)F)C2(C)C)cccc1-c1ccccc1. The topological polar surface area (TPSA) is 78.6 Å². The van der Waals surface area contributed by atoms with Gasteiger partial charge >= 0.3 is 12.1 Å². The zero-order valence-corrected chi connectivity index (χ0v) is 26.5. The predicted molar refractivity (Wildman–Crippen MR) is 167 cm³/mol. The number of esters is 1. The predicted octanol–water partition coefficient (Wildman–Crippen LogP) is 8.73. The molecule has 0 amide bonds. The number of carbonyl (C=O) groups excluding carboxylic acids is 1. The van der Waals surface area contributed by atoms with Gasteiger partial charge in [0, 0.05) is 19.8 Å². The Hall–Kier alpha value is -3.87. The number of pyridine rings is 1. The molecule has 0 bridgehead atoms. The van der Waals surface area contributed by atoms with Crippen molar-refractivity contribution in [1.82, 2.24) is 9.88 Å². The van der Waals surface area contributed by atoms with Crippen LogP contribution in [0.1, 0.15) is 37.5 Å². The van der Waals surface area contributed by atoms with Gasteiger partial charge < -0.3 is 9.64 Å². The second-order valence-corrected chi connectivity index (χ2v) is 11.8. The van der Waals surface area contributed by atoms with Crippen LogP contribution in [0.5, 0.6) is 0 Å². The molecule has 11 heteroatoms. The molecule has 2 atom stereocenters. The van der Waals surface area contributed by atoms with Gasteiger partial charge in [-0.1, -0.05) is 97.7 Å². The molecule has 2 unspecified atom stereocenters. The van der Waals surface area contributed by atoms with E-state index in [-0.39, 0.29) is 6.61 Å². The number of nitrogens with zero attached hydrogens (tertiary/aromatic N) is 4. The van der Waals surface area contributed by atoms with E-state index < -0.39 is 34.4 Å². The molecule has 1 heterocycles. The summed E-state index contributed by atoms with van der Waals surface area (Å²) in [5.41, 5.74) is 4.37. The van der Waals surface area contributed by atoms with E-state index in [0.29, 0.717) is 17.5 Å². The van der Waals surface area contributed by atoms with Gasteiger partial charge in [0.2, 0.25) is 6.19 Å². The Labute approximate surface area is 265 Å². The number of alkyl halides is 3. The summed E-state index contributed by atoms with van der Waals surface area (Å²) in [6, 6.07) is 19.3. The Balaban J connectivity index is 0.000000297. The molecule has 1 aromatic heterocycles. The monoisotopic (exact) mass is 644 g/mol. The molecule has 0 saturated heterocycles. The second kappa shape index (κ2) is 14.7. The standard InChI is InChI=1S/C23H22ClF3O2.C10H11ClN4/c1-14-16(10-7-11-17(14)15-8-5-4-6-9-15)13-29-21(28)20-18(22(20,2)3)12-19(24)23(25,26)27;1-8(14-7-12)15(2)6-9-3-4-10(11)13-5-9/h4-12,18,20H,13H2,1-3H3;3-5H,6H2,1-2H3/b19-12-;14-8+. The van der Waals surface area contributed by atoms with Crippen molar-refractivity contribution >= 4 is 35.0 Å². The lowest BCUT2D eigenvalue weighted by Gasteiger charge is -2.17. The molecule has 232 valence electrons. The molecular weight excluding hydrogens is 612 g/mol. The van der Waals surface area contributed by atoms with Crippen LogP contribution in [-0.4, -0.2) is 34.9 Å². The van der Waals surface area contributed by atoms with E-state index in [1.54, 1.807) is 39.2 Å². The van der Waals surface area contributed by atoms with Crippen molar-refractivity contribution in [3.05, 3.63) is 99.8 Å². The average Bonchev–Trinajstić information content (AvgIpc) is 3.52. The molecule has 3 aromatic rings. The van der Waals surface area contributed by atoms with Crippen molar-refractivity contribution < 1.29 is 22.7 Å². The minimum Gasteiger partial charge on any atom is -0.461 e. The summed E-state index contributed by atoms with van der Waals surface area (Å²) in [4.78, 5) is 22.0. The maximum Gasteiger partial charge on any atom is 0.426 e. The highest BCUT2D eigenvalue weighted by Gasteiger charge is 2.62. The minimum atomic E-state index is -4.61. The lowest BCUT2D eigenvalue weighted by molar-refractivity contribution is -0.147. The number of carbonyl (C=O) groups is 1. The maximum absolute atomic E-state index is 12.7. The third kappa shape index (κ3) is 9.07. The van der Waals surface area contributed by atoms with Gasteiger partial charge in [0.15, 0.2) is 0 Å². The fourth-order valence-corrected chi connectivity index (χ4v) is 4.99. The molecule has 2 aromatic carbocycles. The van der Waals surface area contributed by atoms with Gasteiger partial charge in [0.1, 0.15) is 22.6 Å². The number of benzene rings is 2. The fraction of sp³-hybridized carbons (Fsp3) is 0.333. The molecule has 0 aliphatic heterocycles. The molecular formula is C33H33Cl2F3N4O2. The summed E-state index contributed by atoms with van der Waals surface area (Å²) in [6.45, 7) is 7.94. The van der Waals surface area contributed by atoms with E-state index in [1.165, 1.54) is 0 Å². The van der Waals surface area contributed by atoms with Crippen molar-refractivity contribution in [1.29, 1.82) is 5.26 Å². The molecule has 1 saturated carbocycles. The first-order chi connectivity index (χ1) is 20.7. The van der Waals surface area contributed by atoms with Crippen molar-refractivity contribution in [2.75, 3.05) is 7.05 Å². The van der Waals surface area contributed by atoms with Crippen LogP contribution in [0.25, 0.3) is 11.1 Å². The van der Waals surface area contributed by atoms with E-state index >= 15 is 0 Å². The highest BCUT2D eigenvalue weighted by Crippen LogP contribution is 2.60. The summed E-state index contributed by atoms with van der Waals surface area (Å²) in [6.07, 6.45) is -0.222. The summed E-state index contributed by atoms with van der Waals surface area (Å²) in [5.74, 6) is -1.07. The molecule has 0 spiro atoms. The van der Waals surface area contributed by atoms with Crippen molar-refractivity contribution in [3.8, 4) is 17.3 Å². The number of halogens is 5. The average molecular weight is 646 g/mol. The Kier molecular flexibility index (Phi) is 11.6. The highest BCUT2D eigenvalue weighted by atomic mass is 35.5. The van der Waals surface area contributed by atoms with Crippen LogP contribution in [-0.2, 0) is 22.7 Å². The number of ether oxygens (including phenoxy) is 1. The first kappa shape index (κ1) is 34.6. The van der Waals surface area contributed by atoms with E-state index in [9.17, 15) is 18.0 Å². The number of allylic oxidation sites excluding steroid dienone is 2. The third-order valence-corrected chi connectivity index (χ3v) is 8.20. The van der Waals surface area contributed by atoms with E-state index in [1.807, 2.05) is 73.5 Å². The maximum atomic E-state index is 12.7. The van der Waals surface area contributed by atoms with E-state index in [4.69, 9.17) is 33.2 Å². The summed E-state index contributed by atoms with van der Waals surface area (Å²) < 4.78 is 43.5. The minimum absolute atomic E-state index is 0.0708. The molecule has 1 aliphatic rings. The van der Waals surface area contributed by atoms with Crippen LogP contribution in [0, 0.1) is 35.6 Å². The van der Waals surface area contributed by atoms with Gasteiger partial charge in [-0.05, 0) is 59.1 Å². The van der Waals surface area contributed by atoms with Gasteiger partial charge in [0.25, 0.3) is 0 Å². The van der Waals surface area contributed by atoms with E-state index in [2.05, 4.69) is 9.98 Å². The first-order valence-corrected chi connectivity index (χ1v) is 14.4. The zero-order chi connectivity index (χ0) is 32.7. The number of rotatable bonds is 7. The molecule has 4 rings (SSSR count). The van der Waals surface area contributed by atoms with Gasteiger partial charge in [-0.25, -0.2) is 4.98 Å². The van der Waals surface area contributed by atoms with Crippen LogP contribution in [0.2, 0.25) is 5.15 Å². The first-order valence-electron chi connectivity index (χ1n) is 13.7. The Morgan fingerprint density at radius 2 is 1.84 bits per heavy atom. The highest BCUT2D eigenvalue weighted by molar-refractivity contribution is 6.30. The quantitative estimate of drug-likeness (QED) is 0.0845. The Morgan fingerprint density at radius 1 is 1.16 bits per heavy atom. The van der Waals surface area contributed by atoms with Crippen molar-refractivity contribution in [2.24, 2.45) is 22.2 Å². The zero-order valence-electron chi connectivity index (χ0n) is 25.0. The molecule has 1 aliphatic carbocycles. The lowest BCUT2D eigenvalue weighted by Crippen LogP contribution is -2.23. The largest absolute Gasteiger partial charge is 0.461 e. The molecule has 1 fully saturated rings. The van der Waals surface area contributed by atoms with Crippen LogP contribution in [0.15, 0.2) is 83.0 Å². The number of nitriles is 1. The van der Waals surface area contributed by atoms with Crippen LogP contribution < -0.4 is 0 Å². The molecule has 6 nitrogen and oxygen atoms in total. The smallest absolute Gasteiger partial charge is 0.426 e. The number of aromatic nitrogens is 1. The van der Waals surface area contributed by atoms with Crippen LogP contribution >= 0.6 is 23.2 Å². The number of hydrogen-bond donors (Lipinski definition) is 0. The fourth-order valence-electron chi connectivity index (χ4n) is 4.75. The number of aliphatic imine (C=N–C) groups is 1. The van der Waals surface area contributed by atoms with Crippen molar-refractivity contribution in [3.63, 3.8) is 0 Å². The van der Waals surface area contributed by atoms with E-state index in [0.717, 1.165) is 33.9 Å². The molecule has 0 radical (unpaired) electrons. The Bertz CT molecular complexity index is 1550. The Morgan fingerprint density at radius 3 is 2.43 bits per heavy atom. The second-order valence-electron chi connectivity index (χ2n) is 11.0. The van der Waals surface area contributed by atoms with Crippen LogP contribution in [0.3, 0.4) is 0 Å². The molecule has 44 heavy (non-hydrogen) atoms. The molecule has 0 N–H and O–H groups in total. The van der Waals surface area contributed by atoms with Crippen molar-refractivity contribution in [2.45, 2.75) is 47.0 Å². The number of amidine groups is 1.